The Morgan fingerprint density at radius 1 is 0.935 bits per heavy atom. The summed E-state index contributed by atoms with van der Waals surface area (Å²) in [5.74, 6) is -2.80. The molecule has 9 nitrogen and oxygen atoms in total. The summed E-state index contributed by atoms with van der Waals surface area (Å²) in [6.45, 7) is 0.338. The number of sulfone groups is 1. The molecule has 0 radical (unpaired) electrons. The number of rotatable bonds is 9. The molecule has 2 aromatic heterocycles. The molecule has 0 spiro atoms. The molecular formula is C19H18F2N6O3S. The molecule has 3 rings (SSSR count). The molecule has 0 unspecified atom stereocenters. The fraction of sp³-hybridized carbons (Fsp3) is 0.158. The summed E-state index contributed by atoms with van der Waals surface area (Å²) in [6, 6.07) is 11.9. The van der Waals surface area contributed by atoms with Gasteiger partial charge in [0.2, 0.25) is 9.84 Å². The number of hydrogen-bond acceptors (Lipinski definition) is 8. The molecule has 12 heteroatoms. The molecule has 31 heavy (non-hydrogen) atoms. The molecular weight excluding hydrogens is 430 g/mol. The number of amides is 1. The zero-order chi connectivity index (χ0) is 22.3. The second-order valence-corrected chi connectivity index (χ2v) is 8.00. The molecule has 0 atom stereocenters. The van der Waals surface area contributed by atoms with Gasteiger partial charge in [-0.1, -0.05) is 18.2 Å². The van der Waals surface area contributed by atoms with Crippen LogP contribution in [-0.2, 0) is 9.84 Å². The van der Waals surface area contributed by atoms with E-state index in [1.165, 1.54) is 24.5 Å². The lowest BCUT2D eigenvalue weighted by atomic mass is 10.2. The Labute approximate surface area is 176 Å². The van der Waals surface area contributed by atoms with Crippen LogP contribution in [0.25, 0.3) is 0 Å². The third-order valence-electron chi connectivity index (χ3n) is 3.98. The Kier molecular flexibility index (Phi) is 7.03. The third-order valence-corrected chi connectivity index (χ3v) is 5.42. The predicted molar refractivity (Wildman–Crippen MR) is 110 cm³/mol. The molecule has 0 saturated carbocycles. The van der Waals surface area contributed by atoms with Gasteiger partial charge in [0.1, 0.15) is 23.8 Å². The van der Waals surface area contributed by atoms with Crippen LogP contribution >= 0.6 is 0 Å². The Morgan fingerprint density at radius 3 is 2.42 bits per heavy atom. The second kappa shape index (κ2) is 9.89. The first-order valence-corrected chi connectivity index (χ1v) is 10.6. The Bertz CT molecular complexity index is 1150. The zero-order valence-corrected chi connectivity index (χ0v) is 16.8. The SMILES string of the molecule is O=C(NCCNc1cc(Nc2ccccn2)ncn1)c1ccccc1S(=O)(=O)C(F)F. The van der Waals surface area contributed by atoms with Gasteiger partial charge in [0.15, 0.2) is 0 Å². The molecule has 0 bridgehead atoms. The van der Waals surface area contributed by atoms with E-state index in [-0.39, 0.29) is 18.7 Å². The van der Waals surface area contributed by atoms with Crippen LogP contribution in [0.2, 0.25) is 0 Å². The van der Waals surface area contributed by atoms with E-state index in [9.17, 15) is 22.0 Å². The van der Waals surface area contributed by atoms with Crippen molar-refractivity contribution in [2.75, 3.05) is 23.7 Å². The average Bonchev–Trinajstić information content (AvgIpc) is 2.77. The summed E-state index contributed by atoms with van der Waals surface area (Å²) in [4.78, 5) is 23.9. The number of aromatic nitrogens is 3. The summed E-state index contributed by atoms with van der Waals surface area (Å²) in [5, 5.41) is 8.49. The van der Waals surface area contributed by atoms with Crippen molar-refractivity contribution in [1.29, 1.82) is 0 Å². The van der Waals surface area contributed by atoms with Gasteiger partial charge in [0.25, 0.3) is 5.91 Å². The molecule has 0 aliphatic carbocycles. The molecule has 1 amide bonds. The molecule has 0 fully saturated rings. The molecule has 2 heterocycles. The summed E-state index contributed by atoms with van der Waals surface area (Å²) in [5.41, 5.74) is -0.341. The van der Waals surface area contributed by atoms with Crippen LogP contribution in [0.15, 0.2) is 66.0 Å². The standard InChI is InChI=1S/C19H18F2N6O3S/c20-19(21)31(29,30)14-6-2-1-5-13(14)18(28)24-10-9-23-16-11-17(26-12-25-16)27-15-7-3-4-8-22-15/h1-8,11-12,19H,9-10H2,(H,24,28)(H2,22,23,25,26,27). The smallest absolute Gasteiger partial charge is 0.341 e. The number of benzene rings is 1. The largest absolute Gasteiger partial charge is 0.368 e. The van der Waals surface area contributed by atoms with Crippen molar-refractivity contribution in [3.05, 3.63) is 66.6 Å². The lowest BCUT2D eigenvalue weighted by Crippen LogP contribution is -2.30. The summed E-state index contributed by atoms with van der Waals surface area (Å²) in [6.07, 6.45) is 2.98. The number of hydrogen-bond donors (Lipinski definition) is 3. The number of nitrogens with zero attached hydrogens (tertiary/aromatic N) is 3. The molecule has 3 N–H and O–H groups in total. The first-order valence-electron chi connectivity index (χ1n) is 9.01. The molecule has 162 valence electrons. The number of nitrogens with one attached hydrogen (secondary N) is 3. The zero-order valence-electron chi connectivity index (χ0n) is 16.0. The second-order valence-electron chi connectivity index (χ2n) is 6.11. The van der Waals surface area contributed by atoms with E-state index in [0.29, 0.717) is 17.5 Å². The van der Waals surface area contributed by atoms with Crippen LogP contribution in [0, 0.1) is 0 Å². The highest BCUT2D eigenvalue weighted by Crippen LogP contribution is 2.22. The van der Waals surface area contributed by atoms with Gasteiger partial charge >= 0.3 is 5.76 Å². The first-order chi connectivity index (χ1) is 14.9. The Balaban J connectivity index is 1.56. The molecule has 3 aromatic rings. The van der Waals surface area contributed by atoms with Crippen molar-refractivity contribution in [3.8, 4) is 0 Å². The molecule has 0 aliphatic rings. The maximum absolute atomic E-state index is 12.9. The fourth-order valence-corrected chi connectivity index (χ4v) is 3.48. The monoisotopic (exact) mass is 448 g/mol. The van der Waals surface area contributed by atoms with Crippen molar-refractivity contribution in [3.63, 3.8) is 0 Å². The van der Waals surface area contributed by atoms with Crippen LogP contribution < -0.4 is 16.0 Å². The lowest BCUT2D eigenvalue weighted by Gasteiger charge is -2.11. The van der Waals surface area contributed by atoms with Crippen LogP contribution in [0.1, 0.15) is 10.4 Å². The maximum Gasteiger partial charge on any atom is 0.341 e. The minimum atomic E-state index is -4.90. The van der Waals surface area contributed by atoms with E-state index in [0.717, 1.165) is 6.07 Å². The van der Waals surface area contributed by atoms with Gasteiger partial charge in [-0.05, 0) is 24.3 Å². The van der Waals surface area contributed by atoms with Gasteiger partial charge in [0, 0.05) is 25.4 Å². The highest BCUT2D eigenvalue weighted by atomic mass is 32.2. The number of alkyl halides is 2. The summed E-state index contributed by atoms with van der Waals surface area (Å²) in [7, 11) is -4.90. The summed E-state index contributed by atoms with van der Waals surface area (Å²) < 4.78 is 49.2. The van der Waals surface area contributed by atoms with E-state index in [2.05, 4.69) is 30.9 Å². The maximum atomic E-state index is 12.9. The average molecular weight is 448 g/mol. The molecule has 0 aliphatic heterocycles. The minimum absolute atomic E-state index is 0.0922. The van der Waals surface area contributed by atoms with E-state index in [1.807, 2.05) is 6.07 Å². The number of carbonyl (C=O) groups is 1. The van der Waals surface area contributed by atoms with Gasteiger partial charge in [-0.2, -0.15) is 8.78 Å². The quantitative estimate of drug-likeness (QED) is 0.426. The van der Waals surface area contributed by atoms with E-state index in [1.54, 1.807) is 24.4 Å². The van der Waals surface area contributed by atoms with Crippen LogP contribution in [-0.4, -0.2) is 48.1 Å². The number of anilines is 3. The minimum Gasteiger partial charge on any atom is -0.368 e. The van der Waals surface area contributed by atoms with E-state index in [4.69, 9.17) is 0 Å². The predicted octanol–water partition coefficient (Wildman–Crippen LogP) is 2.45. The third kappa shape index (κ3) is 5.69. The van der Waals surface area contributed by atoms with Crippen molar-refractivity contribution in [1.82, 2.24) is 20.3 Å². The van der Waals surface area contributed by atoms with Crippen LogP contribution in [0.5, 0.6) is 0 Å². The number of pyridine rings is 1. The number of halogens is 2. The molecule has 1 aromatic carbocycles. The number of carbonyl (C=O) groups excluding carboxylic acids is 1. The Morgan fingerprint density at radius 2 is 1.68 bits per heavy atom. The Hall–Kier alpha value is -3.67. The van der Waals surface area contributed by atoms with Crippen molar-refractivity contribution < 1.29 is 22.0 Å². The highest BCUT2D eigenvalue weighted by molar-refractivity contribution is 7.91. The van der Waals surface area contributed by atoms with Crippen molar-refractivity contribution >= 4 is 33.2 Å². The topological polar surface area (TPSA) is 126 Å². The first kappa shape index (κ1) is 22.0. The van der Waals surface area contributed by atoms with Crippen LogP contribution in [0.4, 0.5) is 26.2 Å². The highest BCUT2D eigenvalue weighted by Gasteiger charge is 2.30. The van der Waals surface area contributed by atoms with Crippen LogP contribution in [0.3, 0.4) is 0 Å². The van der Waals surface area contributed by atoms with Gasteiger partial charge in [-0.3, -0.25) is 4.79 Å². The summed E-state index contributed by atoms with van der Waals surface area (Å²) >= 11 is 0. The van der Waals surface area contributed by atoms with Gasteiger partial charge in [-0.25, -0.2) is 23.4 Å². The van der Waals surface area contributed by atoms with Gasteiger partial charge in [-0.15, -0.1) is 0 Å². The van der Waals surface area contributed by atoms with Gasteiger partial charge < -0.3 is 16.0 Å². The van der Waals surface area contributed by atoms with Gasteiger partial charge in [0.05, 0.1) is 10.5 Å². The van der Waals surface area contributed by atoms with E-state index < -0.39 is 26.4 Å². The molecule has 0 saturated heterocycles. The normalized spacial score (nSPS) is 11.2. The fourth-order valence-electron chi connectivity index (χ4n) is 2.55. The van der Waals surface area contributed by atoms with Crippen molar-refractivity contribution in [2.24, 2.45) is 0 Å². The lowest BCUT2D eigenvalue weighted by molar-refractivity contribution is 0.0951. The van der Waals surface area contributed by atoms with Crippen molar-refractivity contribution in [2.45, 2.75) is 10.7 Å². The van der Waals surface area contributed by atoms with E-state index >= 15 is 0 Å².